The van der Waals surface area contributed by atoms with Gasteiger partial charge in [0.2, 0.25) is 5.91 Å². The number of methoxy groups -OCH3 is 1. The van der Waals surface area contributed by atoms with Crippen LogP contribution in [0.1, 0.15) is 42.3 Å². The zero-order chi connectivity index (χ0) is 32.5. The Bertz CT molecular complexity index is 1750. The molecule has 234 valence electrons. The summed E-state index contributed by atoms with van der Waals surface area (Å²) in [6, 6.07) is 22.2. The lowest BCUT2D eigenvalue weighted by Crippen LogP contribution is -2.55. The van der Waals surface area contributed by atoms with Crippen molar-refractivity contribution in [2.75, 3.05) is 30.5 Å². The monoisotopic (exact) mass is 672 g/mol. The maximum atomic E-state index is 14.5. The fourth-order valence-electron chi connectivity index (χ4n) is 5.51. The van der Waals surface area contributed by atoms with Gasteiger partial charge < -0.3 is 30.3 Å². The number of amides is 3. The number of rotatable bonds is 8. The molecule has 0 bridgehead atoms. The minimum atomic E-state index is -1.07. The van der Waals surface area contributed by atoms with E-state index in [0.717, 1.165) is 20.8 Å². The summed E-state index contributed by atoms with van der Waals surface area (Å²) in [5, 5.41) is 18.1. The molecule has 0 fully saturated rings. The number of nitrogens with zero attached hydrogens (tertiary/aromatic N) is 2. The van der Waals surface area contributed by atoms with Crippen molar-refractivity contribution in [2.24, 2.45) is 0 Å². The van der Waals surface area contributed by atoms with E-state index in [2.05, 4.69) is 26.6 Å². The first-order chi connectivity index (χ1) is 21.4. The van der Waals surface area contributed by atoms with Crippen LogP contribution in [0, 0.1) is 0 Å². The second-order valence-corrected chi connectivity index (χ2v) is 12.6. The molecule has 3 amide bonds. The smallest absolute Gasteiger partial charge is 0.258 e. The van der Waals surface area contributed by atoms with Gasteiger partial charge in [-0.15, -0.1) is 0 Å². The van der Waals surface area contributed by atoms with Gasteiger partial charge in [-0.2, -0.15) is 0 Å². The number of ether oxygens (including phenoxy) is 1. The molecule has 10 heteroatoms. The van der Waals surface area contributed by atoms with Crippen molar-refractivity contribution in [3.63, 3.8) is 0 Å². The third-order valence-corrected chi connectivity index (χ3v) is 8.70. The molecule has 4 aromatic carbocycles. The standard InChI is InChI=1S/C35H37BrN4O5/c1-21(37-4)32(41)38-28-20-40(33(42)22-10-13-24(14-11-22)35(2,3)44)30-9-7-6-8-29(30)39(34(28)43)19-27-26-16-15-25(36)18-23(26)12-17-31(27)45-5/h6-18,21,28,37,44H,19-20H2,1-5H3,(H,38,41)/t21-,28?/m0/s1. The number of aliphatic hydroxyl groups is 1. The molecule has 3 N–H and O–H groups in total. The topological polar surface area (TPSA) is 111 Å². The number of benzene rings is 4. The van der Waals surface area contributed by atoms with Crippen LogP contribution in [0.15, 0.2) is 83.3 Å². The predicted molar refractivity (Wildman–Crippen MR) is 180 cm³/mol. The average Bonchev–Trinajstić information content (AvgIpc) is 3.14. The Morgan fingerprint density at radius 1 is 1.04 bits per heavy atom. The van der Waals surface area contributed by atoms with Gasteiger partial charge in [0.25, 0.3) is 11.8 Å². The van der Waals surface area contributed by atoms with Gasteiger partial charge in [0.1, 0.15) is 11.8 Å². The molecule has 0 aliphatic carbocycles. The van der Waals surface area contributed by atoms with E-state index in [0.29, 0.717) is 28.3 Å². The first-order valence-corrected chi connectivity index (χ1v) is 15.5. The van der Waals surface area contributed by atoms with Gasteiger partial charge in [-0.05, 0) is 86.6 Å². The molecule has 1 aliphatic rings. The van der Waals surface area contributed by atoms with Gasteiger partial charge in [0.15, 0.2) is 0 Å². The van der Waals surface area contributed by atoms with Crippen molar-refractivity contribution in [3.05, 3.63) is 100 Å². The number of halogens is 1. The van der Waals surface area contributed by atoms with Gasteiger partial charge >= 0.3 is 0 Å². The molecule has 0 saturated carbocycles. The molecule has 0 aromatic heterocycles. The summed E-state index contributed by atoms with van der Waals surface area (Å²) in [6.45, 7) is 5.11. The number of nitrogens with one attached hydrogen (secondary N) is 2. The lowest BCUT2D eigenvalue weighted by molar-refractivity contribution is -0.128. The molecule has 5 rings (SSSR count). The Balaban J connectivity index is 1.63. The SMILES string of the molecule is CN[C@@H](C)C(=O)NC1CN(C(=O)c2ccc(C(C)(C)O)cc2)c2ccccc2N(Cc2c(OC)ccc3cc(Br)ccc23)C1=O. The van der Waals surface area contributed by atoms with Crippen LogP contribution < -0.4 is 25.2 Å². The van der Waals surface area contributed by atoms with Crippen molar-refractivity contribution < 1.29 is 24.2 Å². The van der Waals surface area contributed by atoms with Gasteiger partial charge in [0, 0.05) is 15.6 Å². The van der Waals surface area contributed by atoms with Crippen LogP contribution in [0.2, 0.25) is 0 Å². The molecule has 0 radical (unpaired) electrons. The van der Waals surface area contributed by atoms with E-state index in [-0.39, 0.29) is 30.8 Å². The van der Waals surface area contributed by atoms with Crippen LogP contribution in [-0.4, -0.2) is 55.6 Å². The minimum absolute atomic E-state index is 0.0831. The van der Waals surface area contributed by atoms with Crippen molar-refractivity contribution in [2.45, 2.75) is 45.0 Å². The number of carbonyl (C=O) groups is 3. The zero-order valence-corrected chi connectivity index (χ0v) is 27.5. The first kappa shape index (κ1) is 32.2. The number of hydrogen-bond donors (Lipinski definition) is 3. The van der Waals surface area contributed by atoms with Gasteiger partial charge in [-0.3, -0.25) is 14.4 Å². The third-order valence-electron chi connectivity index (χ3n) is 8.21. The molecule has 1 aliphatic heterocycles. The largest absolute Gasteiger partial charge is 0.496 e. The molecule has 0 saturated heterocycles. The molecular weight excluding hydrogens is 636 g/mol. The van der Waals surface area contributed by atoms with E-state index >= 15 is 0 Å². The van der Waals surface area contributed by atoms with Crippen LogP contribution in [0.25, 0.3) is 10.8 Å². The predicted octanol–water partition coefficient (Wildman–Crippen LogP) is 5.12. The second kappa shape index (κ2) is 13.0. The molecular formula is C35H37BrN4O5. The molecule has 4 aromatic rings. The van der Waals surface area contributed by atoms with Crippen molar-refractivity contribution >= 4 is 55.8 Å². The summed E-state index contributed by atoms with van der Waals surface area (Å²) >= 11 is 3.54. The third kappa shape index (κ3) is 6.58. The fourth-order valence-corrected chi connectivity index (χ4v) is 5.89. The van der Waals surface area contributed by atoms with Crippen molar-refractivity contribution in [1.82, 2.24) is 10.6 Å². The summed E-state index contributed by atoms with van der Waals surface area (Å²) in [4.78, 5) is 44.9. The summed E-state index contributed by atoms with van der Waals surface area (Å²) in [5.74, 6) is -0.448. The van der Waals surface area contributed by atoms with Crippen LogP contribution in [0.5, 0.6) is 5.75 Å². The number of para-hydroxylation sites is 2. The van der Waals surface area contributed by atoms with E-state index in [1.807, 2.05) is 42.5 Å². The number of hydrogen-bond acceptors (Lipinski definition) is 6. The first-order valence-electron chi connectivity index (χ1n) is 14.7. The highest BCUT2D eigenvalue weighted by molar-refractivity contribution is 9.10. The van der Waals surface area contributed by atoms with E-state index < -0.39 is 17.7 Å². The highest BCUT2D eigenvalue weighted by Gasteiger charge is 2.38. The number of likely N-dealkylation sites (N-methyl/N-ethyl adjacent to an activating group) is 1. The number of fused-ring (bicyclic) bond motifs is 2. The summed E-state index contributed by atoms with van der Waals surface area (Å²) in [5.41, 5.74) is 1.83. The van der Waals surface area contributed by atoms with Crippen LogP contribution >= 0.6 is 15.9 Å². The van der Waals surface area contributed by atoms with Crippen molar-refractivity contribution in [3.8, 4) is 5.75 Å². The Labute approximate surface area is 271 Å². The summed E-state index contributed by atoms with van der Waals surface area (Å²) in [7, 11) is 3.26. The number of anilines is 2. The van der Waals surface area contributed by atoms with Crippen molar-refractivity contribution in [1.29, 1.82) is 0 Å². The highest BCUT2D eigenvalue weighted by Crippen LogP contribution is 2.38. The normalized spacial score (nSPS) is 15.8. The van der Waals surface area contributed by atoms with E-state index in [4.69, 9.17) is 4.74 Å². The second-order valence-electron chi connectivity index (χ2n) is 11.6. The fraction of sp³-hybridized carbons (Fsp3) is 0.286. The Hall–Kier alpha value is -4.25. The molecule has 9 nitrogen and oxygen atoms in total. The molecule has 45 heavy (non-hydrogen) atoms. The Morgan fingerprint density at radius 3 is 2.38 bits per heavy atom. The highest BCUT2D eigenvalue weighted by atomic mass is 79.9. The quantitative estimate of drug-likeness (QED) is 0.240. The minimum Gasteiger partial charge on any atom is -0.496 e. The maximum Gasteiger partial charge on any atom is 0.258 e. The number of carbonyl (C=O) groups excluding carboxylic acids is 3. The Morgan fingerprint density at radius 2 is 1.73 bits per heavy atom. The van der Waals surface area contributed by atoms with E-state index in [9.17, 15) is 19.5 Å². The molecule has 0 spiro atoms. The average molecular weight is 674 g/mol. The molecule has 2 atom stereocenters. The zero-order valence-electron chi connectivity index (χ0n) is 25.9. The molecule has 1 unspecified atom stereocenters. The summed E-state index contributed by atoms with van der Waals surface area (Å²) in [6.07, 6.45) is 0. The van der Waals surface area contributed by atoms with Crippen LogP contribution in [0.3, 0.4) is 0 Å². The van der Waals surface area contributed by atoms with E-state index in [1.165, 1.54) is 0 Å². The lowest BCUT2D eigenvalue weighted by atomic mass is 9.97. The van der Waals surface area contributed by atoms with Gasteiger partial charge in [-0.25, -0.2) is 0 Å². The lowest BCUT2D eigenvalue weighted by Gasteiger charge is -2.27. The van der Waals surface area contributed by atoms with Gasteiger partial charge in [-0.1, -0.05) is 52.3 Å². The van der Waals surface area contributed by atoms with Crippen LogP contribution in [0.4, 0.5) is 11.4 Å². The Kier molecular flexibility index (Phi) is 9.29. The maximum absolute atomic E-state index is 14.5. The summed E-state index contributed by atoms with van der Waals surface area (Å²) < 4.78 is 6.68. The molecule has 1 heterocycles. The van der Waals surface area contributed by atoms with Crippen LogP contribution in [-0.2, 0) is 21.7 Å². The van der Waals surface area contributed by atoms with Gasteiger partial charge in [0.05, 0.1) is 43.2 Å². The van der Waals surface area contributed by atoms with E-state index in [1.54, 1.807) is 81.1 Å².